The van der Waals surface area contributed by atoms with Gasteiger partial charge in [0.15, 0.2) is 6.10 Å². The fourth-order valence-electron chi connectivity index (χ4n) is 2.32. The third kappa shape index (κ3) is 3.16. The van der Waals surface area contributed by atoms with Gasteiger partial charge in [0.2, 0.25) is 0 Å². The predicted octanol–water partition coefficient (Wildman–Crippen LogP) is 3.04. The number of benzene rings is 2. The number of aliphatic hydroxyl groups excluding tert-OH is 1. The smallest absolute Gasteiger partial charge is 0.158 e. The molecule has 0 saturated heterocycles. The van der Waals surface area contributed by atoms with E-state index in [-0.39, 0.29) is 18.5 Å². The maximum absolute atomic E-state index is 13.0. The largest absolute Gasteiger partial charge is 0.387 e. The summed E-state index contributed by atoms with van der Waals surface area (Å²) >= 11 is 0. The third-order valence-electron chi connectivity index (χ3n) is 3.42. The SMILES string of the molecule is OCC#Cc1cccc(C2=NOC(c3ccc(F)cc3)C2)c1. The molecule has 0 spiro atoms. The molecule has 22 heavy (non-hydrogen) atoms. The monoisotopic (exact) mass is 295 g/mol. The maximum Gasteiger partial charge on any atom is 0.158 e. The minimum absolute atomic E-state index is 0.166. The first-order valence-corrected chi connectivity index (χ1v) is 6.94. The topological polar surface area (TPSA) is 41.8 Å². The summed E-state index contributed by atoms with van der Waals surface area (Å²) in [5.74, 6) is 5.23. The maximum atomic E-state index is 13.0. The van der Waals surface area contributed by atoms with Gasteiger partial charge >= 0.3 is 0 Å². The molecule has 0 saturated carbocycles. The minimum atomic E-state index is -0.266. The van der Waals surface area contributed by atoms with Crippen LogP contribution in [0.2, 0.25) is 0 Å². The van der Waals surface area contributed by atoms with Crippen molar-refractivity contribution in [2.45, 2.75) is 12.5 Å². The van der Waals surface area contributed by atoms with Gasteiger partial charge in [0.05, 0.1) is 5.71 Å². The zero-order valence-electron chi connectivity index (χ0n) is 11.8. The fraction of sp³-hybridized carbons (Fsp3) is 0.167. The van der Waals surface area contributed by atoms with Gasteiger partial charge in [0.25, 0.3) is 0 Å². The minimum Gasteiger partial charge on any atom is -0.387 e. The van der Waals surface area contributed by atoms with Crippen molar-refractivity contribution < 1.29 is 14.3 Å². The first kappa shape index (κ1) is 14.3. The summed E-state index contributed by atoms with van der Waals surface area (Å²) in [7, 11) is 0. The average molecular weight is 295 g/mol. The second-order valence-electron chi connectivity index (χ2n) is 4.93. The van der Waals surface area contributed by atoms with E-state index in [1.807, 2.05) is 24.3 Å². The van der Waals surface area contributed by atoms with E-state index in [9.17, 15) is 4.39 Å². The van der Waals surface area contributed by atoms with Crippen LogP contribution in [0.1, 0.15) is 29.2 Å². The van der Waals surface area contributed by atoms with E-state index in [4.69, 9.17) is 9.94 Å². The van der Waals surface area contributed by atoms with Crippen LogP contribution in [0, 0.1) is 17.7 Å². The molecule has 1 atom stereocenters. The number of hydrogen-bond donors (Lipinski definition) is 1. The molecule has 1 heterocycles. The van der Waals surface area contributed by atoms with Crippen molar-refractivity contribution >= 4 is 5.71 Å². The average Bonchev–Trinajstić information content (AvgIpc) is 3.04. The Kier molecular flexibility index (Phi) is 4.17. The summed E-state index contributed by atoms with van der Waals surface area (Å²) in [6, 6.07) is 13.9. The third-order valence-corrected chi connectivity index (χ3v) is 3.42. The number of rotatable bonds is 2. The van der Waals surface area contributed by atoms with E-state index in [2.05, 4.69) is 17.0 Å². The molecule has 3 rings (SSSR count). The van der Waals surface area contributed by atoms with Crippen molar-refractivity contribution in [1.29, 1.82) is 0 Å². The molecule has 1 aliphatic rings. The van der Waals surface area contributed by atoms with Gasteiger partial charge in [-0.05, 0) is 29.8 Å². The Morgan fingerprint density at radius 2 is 2.05 bits per heavy atom. The molecule has 0 amide bonds. The highest BCUT2D eigenvalue weighted by Crippen LogP contribution is 2.29. The fourth-order valence-corrected chi connectivity index (χ4v) is 2.32. The summed E-state index contributed by atoms with van der Waals surface area (Å²) in [6.07, 6.45) is 0.436. The van der Waals surface area contributed by atoms with E-state index >= 15 is 0 Å². The summed E-state index contributed by atoms with van der Waals surface area (Å²) in [5.41, 5.74) is 3.49. The quantitative estimate of drug-likeness (QED) is 0.865. The Hall–Kier alpha value is -2.64. The van der Waals surface area contributed by atoms with Crippen molar-refractivity contribution in [3.05, 3.63) is 71.0 Å². The van der Waals surface area contributed by atoms with Crippen LogP contribution in [0.5, 0.6) is 0 Å². The molecular weight excluding hydrogens is 281 g/mol. The normalized spacial score (nSPS) is 16.5. The Morgan fingerprint density at radius 3 is 2.82 bits per heavy atom. The Bertz CT molecular complexity index is 757. The van der Waals surface area contributed by atoms with E-state index in [1.165, 1.54) is 12.1 Å². The van der Waals surface area contributed by atoms with E-state index in [0.717, 1.165) is 22.4 Å². The lowest BCUT2D eigenvalue weighted by atomic mass is 9.99. The lowest BCUT2D eigenvalue weighted by Crippen LogP contribution is -2.02. The summed E-state index contributed by atoms with van der Waals surface area (Å²) in [5, 5.41) is 12.9. The van der Waals surface area contributed by atoms with Gasteiger partial charge < -0.3 is 9.94 Å². The van der Waals surface area contributed by atoms with Crippen LogP contribution in [0.4, 0.5) is 4.39 Å². The number of hydrogen-bond acceptors (Lipinski definition) is 3. The second-order valence-corrected chi connectivity index (χ2v) is 4.93. The first-order valence-electron chi connectivity index (χ1n) is 6.94. The predicted molar refractivity (Wildman–Crippen MR) is 81.8 cm³/mol. The van der Waals surface area contributed by atoms with Gasteiger partial charge in [-0.2, -0.15) is 0 Å². The molecule has 1 N–H and O–H groups in total. The van der Waals surface area contributed by atoms with Crippen molar-refractivity contribution in [2.75, 3.05) is 6.61 Å². The van der Waals surface area contributed by atoms with Crippen LogP contribution in [0.25, 0.3) is 0 Å². The summed E-state index contributed by atoms with van der Waals surface area (Å²) < 4.78 is 13.0. The molecule has 3 nitrogen and oxygen atoms in total. The molecule has 0 aromatic heterocycles. The molecule has 0 fully saturated rings. The number of oxime groups is 1. The highest BCUT2D eigenvalue weighted by molar-refractivity contribution is 6.01. The van der Waals surface area contributed by atoms with Gasteiger partial charge in [0, 0.05) is 17.5 Å². The van der Waals surface area contributed by atoms with Crippen molar-refractivity contribution in [3.8, 4) is 11.8 Å². The molecule has 0 radical (unpaired) electrons. The van der Waals surface area contributed by atoms with E-state index < -0.39 is 0 Å². The Morgan fingerprint density at radius 1 is 1.23 bits per heavy atom. The van der Waals surface area contributed by atoms with Crippen LogP contribution >= 0.6 is 0 Å². The molecule has 110 valence electrons. The van der Waals surface area contributed by atoms with Crippen LogP contribution in [-0.4, -0.2) is 17.4 Å². The van der Waals surface area contributed by atoms with Gasteiger partial charge in [-0.15, -0.1) is 0 Å². The van der Waals surface area contributed by atoms with Crippen molar-refractivity contribution in [2.24, 2.45) is 5.16 Å². The molecular formula is C18H14FNO2. The summed E-state index contributed by atoms with van der Waals surface area (Å²) in [4.78, 5) is 5.46. The molecule has 4 heteroatoms. The zero-order valence-corrected chi connectivity index (χ0v) is 11.8. The zero-order chi connectivity index (χ0) is 15.4. The Balaban J connectivity index is 1.76. The highest BCUT2D eigenvalue weighted by Gasteiger charge is 2.23. The van der Waals surface area contributed by atoms with Crippen LogP contribution in [0.3, 0.4) is 0 Å². The second kappa shape index (κ2) is 6.42. The highest BCUT2D eigenvalue weighted by atomic mass is 19.1. The number of nitrogens with zero attached hydrogens (tertiary/aromatic N) is 1. The molecule has 1 aliphatic heterocycles. The van der Waals surface area contributed by atoms with Gasteiger partial charge in [-0.3, -0.25) is 0 Å². The van der Waals surface area contributed by atoms with Crippen molar-refractivity contribution in [1.82, 2.24) is 0 Å². The standard InChI is InChI=1S/C18H14FNO2/c19-16-8-6-14(7-9-16)18-12-17(20-22-18)15-5-1-3-13(11-15)4-2-10-21/h1,3,5-9,11,18,21H,10,12H2. The van der Waals surface area contributed by atoms with E-state index in [1.54, 1.807) is 12.1 Å². The van der Waals surface area contributed by atoms with Crippen LogP contribution < -0.4 is 0 Å². The number of halogens is 1. The van der Waals surface area contributed by atoms with Crippen LogP contribution in [0.15, 0.2) is 53.7 Å². The van der Waals surface area contributed by atoms with Gasteiger partial charge in [0.1, 0.15) is 12.4 Å². The molecule has 0 aliphatic carbocycles. The van der Waals surface area contributed by atoms with E-state index in [0.29, 0.717) is 6.42 Å². The molecule has 0 bridgehead atoms. The lowest BCUT2D eigenvalue weighted by Gasteiger charge is -2.07. The van der Waals surface area contributed by atoms with Gasteiger partial charge in [-0.25, -0.2) is 4.39 Å². The molecule has 2 aromatic carbocycles. The number of aliphatic hydroxyl groups is 1. The first-order chi connectivity index (χ1) is 10.8. The Labute approximate surface area is 128 Å². The lowest BCUT2D eigenvalue weighted by molar-refractivity contribution is 0.0857. The van der Waals surface area contributed by atoms with Crippen molar-refractivity contribution in [3.63, 3.8) is 0 Å². The molecule has 2 aromatic rings. The van der Waals surface area contributed by atoms with Crippen LogP contribution in [-0.2, 0) is 4.84 Å². The summed E-state index contributed by atoms with van der Waals surface area (Å²) in [6.45, 7) is -0.166. The molecule has 1 unspecified atom stereocenters. The van der Waals surface area contributed by atoms with Gasteiger partial charge in [-0.1, -0.05) is 41.3 Å².